The smallest absolute Gasteiger partial charge is 0.0464 e. The van der Waals surface area contributed by atoms with Crippen LogP contribution in [0.3, 0.4) is 0 Å². The van der Waals surface area contributed by atoms with Crippen LogP contribution < -0.4 is 9.80 Å². The second-order valence-corrected chi connectivity index (χ2v) is 12.0. The van der Waals surface area contributed by atoms with Gasteiger partial charge in [0.1, 0.15) is 0 Å². The highest BCUT2D eigenvalue weighted by molar-refractivity contribution is 5.81. The minimum atomic E-state index is 1.14. The molecule has 0 heterocycles. The quantitative estimate of drug-likeness (QED) is 0.188. The van der Waals surface area contributed by atoms with Gasteiger partial charge in [-0.25, -0.2) is 0 Å². The highest BCUT2D eigenvalue weighted by Gasteiger charge is 2.16. The molecule has 2 heteroatoms. The van der Waals surface area contributed by atoms with E-state index in [1.807, 2.05) is 0 Å². The molecule has 0 aliphatic heterocycles. The zero-order chi connectivity index (χ0) is 30.8. The monoisotopic (exact) mass is 572 g/mol. The summed E-state index contributed by atoms with van der Waals surface area (Å²) in [5, 5.41) is 0. The van der Waals surface area contributed by atoms with Crippen LogP contribution in [0.1, 0.15) is 33.4 Å². The van der Waals surface area contributed by atoms with Crippen molar-refractivity contribution in [1.29, 1.82) is 0 Å². The molecule has 0 saturated heterocycles. The summed E-state index contributed by atoms with van der Waals surface area (Å²) in [5.74, 6) is 0. The van der Waals surface area contributed by atoms with Crippen LogP contribution in [0.4, 0.5) is 34.1 Å². The Bertz CT molecular complexity index is 1770. The van der Waals surface area contributed by atoms with Crippen molar-refractivity contribution >= 4 is 34.1 Å². The fourth-order valence-electron chi connectivity index (χ4n) is 5.76. The van der Waals surface area contributed by atoms with Gasteiger partial charge in [0.05, 0.1) is 0 Å². The Morgan fingerprint density at radius 2 is 0.636 bits per heavy atom. The van der Waals surface area contributed by atoms with Gasteiger partial charge in [0.15, 0.2) is 0 Å². The van der Waals surface area contributed by atoms with E-state index in [0.717, 1.165) is 22.7 Å². The highest BCUT2D eigenvalue weighted by Crippen LogP contribution is 2.39. The van der Waals surface area contributed by atoms with E-state index in [-0.39, 0.29) is 0 Å². The van der Waals surface area contributed by atoms with Crippen LogP contribution in [-0.4, -0.2) is 0 Å². The van der Waals surface area contributed by atoms with Gasteiger partial charge in [-0.15, -0.1) is 0 Å². The first-order valence-electron chi connectivity index (χ1n) is 15.4. The molecular weight excluding hydrogens is 532 g/mol. The molecule has 0 unspecified atom stereocenters. The van der Waals surface area contributed by atoms with E-state index in [9.17, 15) is 0 Å². The third-order valence-corrected chi connectivity index (χ3v) is 8.60. The molecule has 2 nitrogen and oxygen atoms in total. The predicted octanol–water partition coefficient (Wildman–Crippen LogP) is 12.1. The van der Waals surface area contributed by atoms with Gasteiger partial charge < -0.3 is 9.80 Å². The Morgan fingerprint density at radius 3 is 0.977 bits per heavy atom. The van der Waals surface area contributed by atoms with Gasteiger partial charge in [-0.1, -0.05) is 60.7 Å². The van der Waals surface area contributed by atoms with Crippen LogP contribution in [-0.2, 0) is 0 Å². The molecular formula is C42H40N2. The maximum atomic E-state index is 2.34. The first-order valence-corrected chi connectivity index (χ1v) is 15.4. The molecule has 6 aromatic rings. The number of hydrogen-bond donors (Lipinski definition) is 0. The topological polar surface area (TPSA) is 6.48 Å². The van der Waals surface area contributed by atoms with Crippen molar-refractivity contribution < 1.29 is 0 Å². The minimum absolute atomic E-state index is 1.14. The van der Waals surface area contributed by atoms with Crippen molar-refractivity contribution in [3.63, 3.8) is 0 Å². The predicted molar refractivity (Wildman–Crippen MR) is 190 cm³/mol. The molecule has 44 heavy (non-hydrogen) atoms. The summed E-state index contributed by atoms with van der Waals surface area (Å²) in [4.78, 5) is 4.69. The molecule has 0 N–H and O–H groups in total. The van der Waals surface area contributed by atoms with Gasteiger partial charge in [-0.05, 0) is 159 Å². The lowest BCUT2D eigenvalue weighted by molar-refractivity contribution is 1.24. The van der Waals surface area contributed by atoms with Crippen LogP contribution in [0.15, 0.2) is 133 Å². The van der Waals surface area contributed by atoms with E-state index in [4.69, 9.17) is 0 Å². The molecule has 0 spiro atoms. The van der Waals surface area contributed by atoms with E-state index in [0.29, 0.717) is 0 Å². The number of aryl methyl sites for hydroxylation is 6. The molecule has 0 fully saturated rings. The highest BCUT2D eigenvalue weighted by atomic mass is 15.1. The Kier molecular flexibility index (Phi) is 8.09. The fourth-order valence-corrected chi connectivity index (χ4v) is 5.76. The second-order valence-electron chi connectivity index (χ2n) is 12.0. The molecule has 0 amide bonds. The summed E-state index contributed by atoms with van der Waals surface area (Å²) < 4.78 is 0. The molecule has 0 aliphatic carbocycles. The fraction of sp³-hybridized carbons (Fsp3) is 0.143. The van der Waals surface area contributed by atoms with E-state index in [2.05, 4.69) is 185 Å². The maximum Gasteiger partial charge on any atom is 0.0464 e. The van der Waals surface area contributed by atoms with Gasteiger partial charge in [-0.2, -0.15) is 0 Å². The zero-order valence-corrected chi connectivity index (χ0v) is 26.6. The van der Waals surface area contributed by atoms with Crippen molar-refractivity contribution in [2.24, 2.45) is 0 Å². The number of rotatable bonds is 7. The van der Waals surface area contributed by atoms with Crippen molar-refractivity contribution in [1.82, 2.24) is 0 Å². The first kappa shape index (κ1) is 29.0. The van der Waals surface area contributed by atoms with E-state index < -0.39 is 0 Å². The van der Waals surface area contributed by atoms with Crippen LogP contribution in [0.25, 0.3) is 11.1 Å². The van der Waals surface area contributed by atoms with Crippen LogP contribution in [0.5, 0.6) is 0 Å². The van der Waals surface area contributed by atoms with Crippen molar-refractivity contribution in [3.05, 3.63) is 167 Å². The number of anilines is 6. The van der Waals surface area contributed by atoms with Gasteiger partial charge in [0, 0.05) is 34.1 Å². The average molecular weight is 573 g/mol. The molecule has 0 atom stereocenters. The maximum absolute atomic E-state index is 2.34. The summed E-state index contributed by atoms with van der Waals surface area (Å²) in [6, 6.07) is 48.7. The summed E-state index contributed by atoms with van der Waals surface area (Å²) in [7, 11) is 0. The molecule has 6 rings (SSSR count). The number of hydrogen-bond acceptors (Lipinski definition) is 2. The summed E-state index contributed by atoms with van der Waals surface area (Å²) in [6.45, 7) is 13.0. The largest absolute Gasteiger partial charge is 0.310 e. The normalized spacial score (nSPS) is 11.0. The van der Waals surface area contributed by atoms with Gasteiger partial charge in [0.2, 0.25) is 0 Å². The molecule has 0 aromatic heterocycles. The van der Waals surface area contributed by atoms with Gasteiger partial charge in [-0.3, -0.25) is 0 Å². The molecule has 6 aromatic carbocycles. The molecule has 0 radical (unpaired) electrons. The molecule has 218 valence electrons. The first-order chi connectivity index (χ1) is 21.3. The van der Waals surface area contributed by atoms with E-state index in [1.165, 1.54) is 55.9 Å². The molecule has 0 saturated carbocycles. The SMILES string of the molecule is Cc1cccc(N(c2ccc(-c3ccc(N(c4cccc(C)c4)c4ccc(C)c(C)c4)cc3)cc2)c2ccc(C)c(C)c2)c1. The van der Waals surface area contributed by atoms with Crippen molar-refractivity contribution in [2.75, 3.05) is 9.80 Å². The van der Waals surface area contributed by atoms with Crippen LogP contribution >= 0.6 is 0 Å². The Labute approximate surface area is 262 Å². The lowest BCUT2D eigenvalue weighted by atomic mass is 10.0. The van der Waals surface area contributed by atoms with E-state index in [1.54, 1.807) is 0 Å². The number of benzene rings is 6. The average Bonchev–Trinajstić information content (AvgIpc) is 3.02. The third kappa shape index (κ3) is 6.02. The standard InChI is InChI=1S/C42H40N2/c1-29-9-7-11-39(25-29)43(41-19-13-31(3)33(5)27-41)37-21-15-35(16-22-37)36-17-23-38(24-18-36)44(40-12-8-10-30(2)26-40)42-20-14-32(4)34(6)28-42/h7-28H,1-6H3. The Morgan fingerprint density at radius 1 is 0.295 bits per heavy atom. The summed E-state index contributed by atoms with van der Waals surface area (Å²) in [5.41, 5.74) is 17.0. The Balaban J connectivity index is 1.34. The summed E-state index contributed by atoms with van der Waals surface area (Å²) in [6.07, 6.45) is 0. The van der Waals surface area contributed by atoms with Crippen LogP contribution in [0.2, 0.25) is 0 Å². The summed E-state index contributed by atoms with van der Waals surface area (Å²) >= 11 is 0. The number of nitrogens with zero attached hydrogens (tertiary/aromatic N) is 2. The second kappa shape index (κ2) is 12.3. The lowest BCUT2D eigenvalue weighted by Gasteiger charge is -2.27. The Hall–Kier alpha value is -5.08. The minimum Gasteiger partial charge on any atom is -0.310 e. The molecule has 0 bridgehead atoms. The van der Waals surface area contributed by atoms with E-state index >= 15 is 0 Å². The van der Waals surface area contributed by atoms with Crippen molar-refractivity contribution in [3.8, 4) is 11.1 Å². The van der Waals surface area contributed by atoms with Gasteiger partial charge >= 0.3 is 0 Å². The van der Waals surface area contributed by atoms with Crippen molar-refractivity contribution in [2.45, 2.75) is 41.5 Å². The molecule has 0 aliphatic rings. The zero-order valence-electron chi connectivity index (χ0n) is 26.6. The third-order valence-electron chi connectivity index (χ3n) is 8.60. The van der Waals surface area contributed by atoms with Crippen LogP contribution in [0, 0.1) is 41.5 Å². The lowest BCUT2D eigenvalue weighted by Crippen LogP contribution is -2.10. The van der Waals surface area contributed by atoms with Gasteiger partial charge in [0.25, 0.3) is 0 Å².